The third-order valence-corrected chi connectivity index (χ3v) is 7.62. The number of esters is 1. The summed E-state index contributed by atoms with van der Waals surface area (Å²) < 4.78 is 23.7. The normalized spacial score (nSPS) is 14.0. The molecule has 2 amide bonds. The molecule has 0 bridgehead atoms. The number of nitrogens with one attached hydrogen (secondary N) is 2. The number of ether oxygens (including phenoxy) is 4. The fourth-order valence-electron chi connectivity index (χ4n) is 5.50. The minimum atomic E-state index is -0.873. The van der Waals surface area contributed by atoms with Gasteiger partial charge in [0.25, 0.3) is 0 Å². The Hall–Kier alpha value is -4.45. The molecule has 0 unspecified atom stereocenters. The Morgan fingerprint density at radius 1 is 0.894 bits per heavy atom. The zero-order valence-corrected chi connectivity index (χ0v) is 28.4. The quantitative estimate of drug-likeness (QED) is 0.128. The van der Waals surface area contributed by atoms with Crippen molar-refractivity contribution >= 4 is 18.2 Å². The Labute approximate surface area is 276 Å². The van der Waals surface area contributed by atoms with Gasteiger partial charge in [-0.1, -0.05) is 48.5 Å². The highest BCUT2D eigenvalue weighted by atomic mass is 16.6. The first-order chi connectivity index (χ1) is 22.3. The van der Waals surface area contributed by atoms with Crippen molar-refractivity contribution in [1.82, 2.24) is 25.4 Å². The van der Waals surface area contributed by atoms with E-state index in [1.165, 1.54) is 24.6 Å². The zero-order chi connectivity index (χ0) is 34.2. The molecular weight excluding hydrogens is 602 g/mol. The van der Waals surface area contributed by atoms with Crippen LogP contribution in [0, 0.1) is 0 Å². The van der Waals surface area contributed by atoms with E-state index in [2.05, 4.69) is 45.1 Å². The van der Waals surface area contributed by atoms with Crippen LogP contribution < -0.4 is 10.6 Å². The van der Waals surface area contributed by atoms with Crippen molar-refractivity contribution in [3.63, 3.8) is 0 Å². The first-order valence-electron chi connectivity index (χ1n) is 16.0. The highest BCUT2D eigenvalue weighted by Crippen LogP contribution is 2.44. The molecule has 12 heteroatoms. The van der Waals surface area contributed by atoms with Crippen LogP contribution in [-0.4, -0.2) is 71.0 Å². The lowest BCUT2D eigenvalue weighted by atomic mass is 9.98. The highest BCUT2D eigenvalue weighted by molar-refractivity contribution is 5.79. The van der Waals surface area contributed by atoms with Gasteiger partial charge in [-0.05, 0) is 83.1 Å². The number of fused-ring (bicyclic) bond motifs is 3. The third kappa shape index (κ3) is 9.77. The van der Waals surface area contributed by atoms with Crippen LogP contribution in [0.2, 0.25) is 0 Å². The standard InChI is InChI=1S/C35H47N5O7/c1-34(2,3)46-21-29(31(41)44-7)40-22-37-39-30(40)28(38-33(43)47-35(4,5)6)18-12-13-19-36-32(42)45-20-27-25-16-10-8-14-23(25)24-15-9-11-17-26(24)27/h8-11,14-17,22,27-29H,12-13,18-21H2,1-7H3,(H,36,42)(H,38,43)/t28-,29-/m0/s1. The topological polar surface area (TPSA) is 143 Å². The number of nitrogens with zero attached hydrogens (tertiary/aromatic N) is 3. The second-order valence-corrected chi connectivity index (χ2v) is 13.5. The lowest BCUT2D eigenvalue weighted by molar-refractivity contribution is -0.148. The molecule has 1 aromatic heterocycles. The van der Waals surface area contributed by atoms with Crippen molar-refractivity contribution in [3.8, 4) is 11.1 Å². The predicted molar refractivity (Wildman–Crippen MR) is 176 cm³/mol. The molecule has 2 aromatic carbocycles. The smallest absolute Gasteiger partial charge is 0.408 e. The van der Waals surface area contributed by atoms with Gasteiger partial charge < -0.3 is 29.6 Å². The summed E-state index contributed by atoms with van der Waals surface area (Å²) in [6.07, 6.45) is 1.92. The van der Waals surface area contributed by atoms with Crippen molar-refractivity contribution in [1.29, 1.82) is 0 Å². The molecule has 12 nitrogen and oxygen atoms in total. The molecular formula is C35H47N5O7. The summed E-state index contributed by atoms with van der Waals surface area (Å²) in [6.45, 7) is 11.6. The van der Waals surface area contributed by atoms with Gasteiger partial charge >= 0.3 is 18.2 Å². The maximum absolute atomic E-state index is 12.8. The minimum absolute atomic E-state index is 0.0183. The number of hydrogen-bond acceptors (Lipinski definition) is 9. The van der Waals surface area contributed by atoms with Crippen LogP contribution in [0.25, 0.3) is 11.1 Å². The second-order valence-electron chi connectivity index (χ2n) is 13.5. The number of rotatable bonds is 13. The molecule has 0 saturated carbocycles. The highest BCUT2D eigenvalue weighted by Gasteiger charge is 2.32. The fraction of sp³-hybridized carbons (Fsp3) is 0.514. The van der Waals surface area contributed by atoms with Crippen LogP contribution in [0.15, 0.2) is 54.9 Å². The van der Waals surface area contributed by atoms with Gasteiger partial charge in [-0.25, -0.2) is 14.4 Å². The molecule has 0 fully saturated rings. The van der Waals surface area contributed by atoms with Crippen LogP contribution in [-0.2, 0) is 23.7 Å². The number of hydrogen-bond donors (Lipinski definition) is 2. The van der Waals surface area contributed by atoms with E-state index in [4.69, 9.17) is 18.9 Å². The molecule has 254 valence electrons. The van der Waals surface area contributed by atoms with Crippen molar-refractivity contribution in [3.05, 3.63) is 71.8 Å². The largest absolute Gasteiger partial charge is 0.467 e. The van der Waals surface area contributed by atoms with Crippen LogP contribution in [0.4, 0.5) is 9.59 Å². The molecule has 0 spiro atoms. The summed E-state index contributed by atoms with van der Waals surface area (Å²) in [5.74, 6) is -0.195. The Morgan fingerprint density at radius 3 is 2.13 bits per heavy atom. The molecule has 1 aliphatic carbocycles. The third-order valence-electron chi connectivity index (χ3n) is 7.62. The minimum Gasteiger partial charge on any atom is -0.467 e. The predicted octanol–water partition coefficient (Wildman–Crippen LogP) is 6.08. The summed E-state index contributed by atoms with van der Waals surface area (Å²) in [6, 6.07) is 14.9. The first-order valence-corrected chi connectivity index (χ1v) is 16.0. The Kier molecular flexibility index (Phi) is 11.6. The Bertz CT molecular complexity index is 1480. The van der Waals surface area contributed by atoms with E-state index in [9.17, 15) is 14.4 Å². The van der Waals surface area contributed by atoms with E-state index in [-0.39, 0.29) is 19.1 Å². The summed E-state index contributed by atoms with van der Waals surface area (Å²) in [5, 5.41) is 14.0. The maximum atomic E-state index is 12.8. The van der Waals surface area contributed by atoms with Crippen LogP contribution in [0.5, 0.6) is 0 Å². The molecule has 2 N–H and O–H groups in total. The summed E-state index contributed by atoms with van der Waals surface area (Å²) >= 11 is 0. The molecule has 2 atom stereocenters. The summed E-state index contributed by atoms with van der Waals surface area (Å²) in [7, 11) is 1.30. The lowest BCUT2D eigenvalue weighted by Crippen LogP contribution is -2.37. The number of methoxy groups -OCH3 is 1. The zero-order valence-electron chi connectivity index (χ0n) is 28.4. The molecule has 1 aliphatic rings. The Balaban J connectivity index is 1.35. The van der Waals surface area contributed by atoms with Gasteiger partial charge in [-0.2, -0.15) is 0 Å². The van der Waals surface area contributed by atoms with Gasteiger partial charge in [0.2, 0.25) is 0 Å². The molecule has 0 saturated heterocycles. The van der Waals surface area contributed by atoms with E-state index >= 15 is 0 Å². The van der Waals surface area contributed by atoms with E-state index in [0.717, 1.165) is 11.1 Å². The maximum Gasteiger partial charge on any atom is 0.408 e. The number of benzene rings is 2. The summed E-state index contributed by atoms with van der Waals surface area (Å²) in [4.78, 5) is 38.3. The van der Waals surface area contributed by atoms with E-state index in [0.29, 0.717) is 31.6 Å². The number of carbonyl (C=O) groups is 3. The van der Waals surface area contributed by atoms with E-state index < -0.39 is 41.4 Å². The van der Waals surface area contributed by atoms with Crippen molar-refractivity contribution in [2.75, 3.05) is 26.9 Å². The van der Waals surface area contributed by atoms with Crippen molar-refractivity contribution in [2.24, 2.45) is 0 Å². The second kappa shape index (κ2) is 15.4. The van der Waals surface area contributed by atoms with Crippen molar-refractivity contribution in [2.45, 2.75) is 90.0 Å². The SMILES string of the molecule is COC(=O)[C@H](COC(C)(C)C)n1cnnc1[C@H](CCCCNC(=O)OCC1c2ccccc2-c2ccccc21)NC(=O)OC(C)(C)C. The average Bonchev–Trinajstić information content (AvgIpc) is 3.61. The van der Waals surface area contributed by atoms with Crippen LogP contribution in [0.1, 0.15) is 95.8 Å². The number of alkyl carbamates (subject to hydrolysis) is 2. The monoisotopic (exact) mass is 649 g/mol. The molecule has 0 aliphatic heterocycles. The number of amides is 2. The number of aromatic nitrogens is 3. The van der Waals surface area contributed by atoms with Gasteiger partial charge in [-0.15, -0.1) is 10.2 Å². The van der Waals surface area contributed by atoms with Crippen LogP contribution >= 0.6 is 0 Å². The van der Waals surface area contributed by atoms with Gasteiger partial charge in [-0.3, -0.25) is 4.57 Å². The average molecular weight is 650 g/mol. The Morgan fingerprint density at radius 2 is 1.53 bits per heavy atom. The van der Waals surface area contributed by atoms with Gasteiger partial charge in [0.15, 0.2) is 11.9 Å². The van der Waals surface area contributed by atoms with Gasteiger partial charge in [0, 0.05) is 12.5 Å². The van der Waals surface area contributed by atoms with E-state index in [1.807, 2.05) is 45.0 Å². The van der Waals surface area contributed by atoms with E-state index in [1.54, 1.807) is 25.3 Å². The molecule has 0 radical (unpaired) electrons. The lowest BCUT2D eigenvalue weighted by Gasteiger charge is -2.27. The molecule has 4 rings (SSSR count). The number of carbonyl (C=O) groups excluding carboxylic acids is 3. The van der Waals surface area contributed by atoms with Crippen LogP contribution in [0.3, 0.4) is 0 Å². The van der Waals surface area contributed by atoms with Gasteiger partial charge in [0.1, 0.15) is 18.5 Å². The molecule has 1 heterocycles. The van der Waals surface area contributed by atoms with Crippen molar-refractivity contribution < 1.29 is 33.3 Å². The fourth-order valence-corrected chi connectivity index (χ4v) is 5.50. The van der Waals surface area contributed by atoms with Gasteiger partial charge in [0.05, 0.1) is 25.4 Å². The molecule has 3 aromatic rings. The first kappa shape index (κ1) is 35.4. The molecule has 47 heavy (non-hydrogen) atoms. The number of unbranched alkanes of at least 4 members (excludes halogenated alkanes) is 1. The summed E-state index contributed by atoms with van der Waals surface area (Å²) in [5.41, 5.74) is 3.41.